The molecule has 2 aromatic rings. The Morgan fingerprint density at radius 1 is 1.16 bits per heavy atom. The molecule has 1 saturated heterocycles. The van der Waals surface area contributed by atoms with Gasteiger partial charge in [0.15, 0.2) is 5.17 Å². The lowest BCUT2D eigenvalue weighted by atomic mass is 10.2. The summed E-state index contributed by atoms with van der Waals surface area (Å²) in [5.74, 6) is -0.0917. The van der Waals surface area contributed by atoms with Crippen molar-refractivity contribution in [1.29, 1.82) is 0 Å². The molecule has 0 spiro atoms. The van der Waals surface area contributed by atoms with Crippen molar-refractivity contribution < 1.29 is 23.9 Å². The molecule has 0 aliphatic carbocycles. The Balaban J connectivity index is 1.88. The van der Waals surface area contributed by atoms with E-state index in [0.717, 1.165) is 11.3 Å². The minimum atomic E-state index is -0.558. The van der Waals surface area contributed by atoms with Gasteiger partial charge in [-0.3, -0.25) is 14.5 Å². The summed E-state index contributed by atoms with van der Waals surface area (Å²) < 4.78 is 10.2. The molecule has 0 aromatic heterocycles. The standard InChI is InChI=1S/C23H25N3O5S/c1-4-31-22(29)16-7-9-17(10-8-16)25-23-26(14-15-5-11-18(30-3)12-6-15)20(27)13-19(32-23)21(28)24-2/h5-12,19H,4,13-14H2,1-3H3,(H,24,28)/t19-/m1/s1. The van der Waals surface area contributed by atoms with Gasteiger partial charge in [-0.25, -0.2) is 9.79 Å². The van der Waals surface area contributed by atoms with E-state index in [9.17, 15) is 14.4 Å². The summed E-state index contributed by atoms with van der Waals surface area (Å²) in [4.78, 5) is 43.2. The Hall–Kier alpha value is -3.33. The van der Waals surface area contributed by atoms with Crippen LogP contribution in [0.4, 0.5) is 5.69 Å². The number of hydrogen-bond acceptors (Lipinski definition) is 7. The molecule has 9 heteroatoms. The van der Waals surface area contributed by atoms with Gasteiger partial charge in [0.05, 0.1) is 36.8 Å². The van der Waals surface area contributed by atoms with Crippen molar-refractivity contribution in [2.75, 3.05) is 20.8 Å². The summed E-state index contributed by atoms with van der Waals surface area (Å²) in [6, 6.07) is 14.0. The van der Waals surface area contributed by atoms with Crippen molar-refractivity contribution in [3.63, 3.8) is 0 Å². The summed E-state index contributed by atoms with van der Waals surface area (Å²) in [5.41, 5.74) is 1.88. The van der Waals surface area contributed by atoms with Crippen molar-refractivity contribution in [2.45, 2.75) is 25.1 Å². The highest BCUT2D eigenvalue weighted by Crippen LogP contribution is 2.30. The van der Waals surface area contributed by atoms with Crippen LogP contribution in [0.3, 0.4) is 0 Å². The van der Waals surface area contributed by atoms with Gasteiger partial charge >= 0.3 is 5.97 Å². The van der Waals surface area contributed by atoms with Gasteiger partial charge in [-0.15, -0.1) is 0 Å². The third-order valence-electron chi connectivity index (χ3n) is 4.78. The number of hydrogen-bond donors (Lipinski definition) is 1. The summed E-state index contributed by atoms with van der Waals surface area (Å²) in [6.45, 7) is 2.36. The first-order valence-electron chi connectivity index (χ1n) is 10.1. The molecule has 2 aromatic carbocycles. The van der Waals surface area contributed by atoms with Gasteiger partial charge in [-0.05, 0) is 48.9 Å². The fourth-order valence-corrected chi connectivity index (χ4v) is 4.23. The molecule has 0 bridgehead atoms. The summed E-state index contributed by atoms with van der Waals surface area (Å²) in [5, 5.41) is 2.47. The zero-order valence-electron chi connectivity index (χ0n) is 18.2. The van der Waals surface area contributed by atoms with E-state index < -0.39 is 11.2 Å². The average Bonchev–Trinajstić information content (AvgIpc) is 2.81. The number of nitrogens with zero attached hydrogens (tertiary/aromatic N) is 2. The van der Waals surface area contributed by atoms with Crippen LogP contribution in [-0.2, 0) is 20.9 Å². The van der Waals surface area contributed by atoms with E-state index in [0.29, 0.717) is 29.6 Å². The fourth-order valence-electron chi connectivity index (χ4n) is 3.07. The molecule has 32 heavy (non-hydrogen) atoms. The second kappa shape index (κ2) is 10.8. The molecule has 1 N–H and O–H groups in total. The number of carbonyl (C=O) groups excluding carboxylic acids is 3. The van der Waals surface area contributed by atoms with Crippen molar-refractivity contribution in [3.8, 4) is 5.75 Å². The number of nitrogens with one attached hydrogen (secondary N) is 1. The zero-order chi connectivity index (χ0) is 23.1. The smallest absolute Gasteiger partial charge is 0.338 e. The molecule has 0 saturated carbocycles. The third-order valence-corrected chi connectivity index (χ3v) is 5.97. The van der Waals surface area contributed by atoms with E-state index in [-0.39, 0.29) is 18.2 Å². The van der Waals surface area contributed by atoms with Crippen molar-refractivity contribution >= 4 is 40.4 Å². The molecule has 1 heterocycles. The Bertz CT molecular complexity index is 1010. The number of ether oxygens (including phenoxy) is 2. The van der Waals surface area contributed by atoms with Crippen LogP contribution in [-0.4, -0.2) is 53.9 Å². The van der Waals surface area contributed by atoms with Crippen LogP contribution in [0.1, 0.15) is 29.3 Å². The molecule has 2 amide bonds. The summed E-state index contributed by atoms with van der Waals surface area (Å²) in [6.07, 6.45) is 0.0846. The average molecular weight is 456 g/mol. The third kappa shape index (κ3) is 5.67. The first-order valence-corrected chi connectivity index (χ1v) is 11.0. The number of rotatable bonds is 7. The Morgan fingerprint density at radius 3 is 2.44 bits per heavy atom. The first-order chi connectivity index (χ1) is 15.4. The molecule has 3 rings (SSSR count). The number of aliphatic imine (C=N–C) groups is 1. The predicted octanol–water partition coefficient (Wildman–Crippen LogP) is 3.14. The zero-order valence-corrected chi connectivity index (χ0v) is 19.0. The van der Waals surface area contributed by atoms with Gasteiger partial charge in [-0.1, -0.05) is 23.9 Å². The number of thioether (sulfide) groups is 1. The van der Waals surface area contributed by atoms with E-state index in [1.807, 2.05) is 24.3 Å². The SMILES string of the molecule is CCOC(=O)c1ccc(N=C2S[C@@H](C(=O)NC)CC(=O)N2Cc2ccc(OC)cc2)cc1. The summed E-state index contributed by atoms with van der Waals surface area (Å²) >= 11 is 1.24. The highest BCUT2D eigenvalue weighted by atomic mass is 32.2. The topological polar surface area (TPSA) is 97.3 Å². The van der Waals surface area contributed by atoms with E-state index in [1.54, 1.807) is 50.2 Å². The normalized spacial score (nSPS) is 17.2. The number of methoxy groups -OCH3 is 1. The second-order valence-electron chi connectivity index (χ2n) is 6.91. The Kier molecular flexibility index (Phi) is 7.88. The van der Waals surface area contributed by atoms with E-state index in [2.05, 4.69) is 10.3 Å². The molecule has 1 aliphatic rings. The minimum absolute atomic E-state index is 0.0846. The van der Waals surface area contributed by atoms with Crippen LogP contribution in [0.25, 0.3) is 0 Å². The quantitative estimate of drug-likeness (QED) is 0.645. The van der Waals surface area contributed by atoms with Crippen LogP contribution in [0.5, 0.6) is 5.75 Å². The molecule has 8 nitrogen and oxygen atoms in total. The number of amides is 2. The largest absolute Gasteiger partial charge is 0.497 e. The lowest BCUT2D eigenvalue weighted by Crippen LogP contribution is -2.45. The van der Waals surface area contributed by atoms with Crippen molar-refractivity contribution in [2.24, 2.45) is 4.99 Å². The maximum atomic E-state index is 12.9. The van der Waals surface area contributed by atoms with Crippen molar-refractivity contribution in [3.05, 3.63) is 59.7 Å². The van der Waals surface area contributed by atoms with Crippen molar-refractivity contribution in [1.82, 2.24) is 10.2 Å². The molecular formula is C23H25N3O5S. The second-order valence-corrected chi connectivity index (χ2v) is 8.08. The fraction of sp³-hybridized carbons (Fsp3) is 0.304. The van der Waals surface area contributed by atoms with Gasteiger partial charge < -0.3 is 14.8 Å². The van der Waals surface area contributed by atoms with E-state index >= 15 is 0 Å². The molecular weight excluding hydrogens is 430 g/mol. The maximum absolute atomic E-state index is 12.9. The van der Waals surface area contributed by atoms with Crippen LogP contribution in [0, 0.1) is 0 Å². The Morgan fingerprint density at radius 2 is 1.84 bits per heavy atom. The molecule has 1 atom stereocenters. The van der Waals surface area contributed by atoms with Gasteiger partial charge in [0.2, 0.25) is 11.8 Å². The van der Waals surface area contributed by atoms with Gasteiger partial charge in [0.1, 0.15) is 5.75 Å². The number of amidine groups is 1. The highest BCUT2D eigenvalue weighted by molar-refractivity contribution is 8.15. The number of carbonyl (C=O) groups is 3. The molecule has 0 unspecified atom stereocenters. The van der Waals surface area contributed by atoms with Crippen LogP contribution >= 0.6 is 11.8 Å². The molecule has 1 aliphatic heterocycles. The van der Waals surface area contributed by atoms with E-state index in [4.69, 9.17) is 9.47 Å². The number of benzene rings is 2. The highest BCUT2D eigenvalue weighted by Gasteiger charge is 2.35. The summed E-state index contributed by atoms with van der Waals surface area (Å²) in [7, 11) is 3.14. The lowest BCUT2D eigenvalue weighted by molar-refractivity contribution is -0.130. The predicted molar refractivity (Wildman–Crippen MR) is 123 cm³/mol. The minimum Gasteiger partial charge on any atom is -0.497 e. The van der Waals surface area contributed by atoms with Crippen LogP contribution in [0.2, 0.25) is 0 Å². The van der Waals surface area contributed by atoms with Gasteiger partial charge in [0.25, 0.3) is 0 Å². The molecule has 168 valence electrons. The molecule has 1 fully saturated rings. The Labute approximate surface area is 191 Å². The van der Waals surface area contributed by atoms with Gasteiger partial charge in [-0.2, -0.15) is 0 Å². The first kappa shape index (κ1) is 23.3. The number of esters is 1. The van der Waals surface area contributed by atoms with Crippen LogP contribution in [0.15, 0.2) is 53.5 Å². The van der Waals surface area contributed by atoms with E-state index in [1.165, 1.54) is 11.8 Å². The lowest BCUT2D eigenvalue weighted by Gasteiger charge is -2.31. The monoisotopic (exact) mass is 455 g/mol. The maximum Gasteiger partial charge on any atom is 0.338 e. The van der Waals surface area contributed by atoms with Crippen LogP contribution < -0.4 is 10.1 Å². The molecule has 0 radical (unpaired) electrons. The van der Waals surface area contributed by atoms with Gasteiger partial charge in [0, 0.05) is 13.5 Å².